The summed E-state index contributed by atoms with van der Waals surface area (Å²) in [5.41, 5.74) is 4.69. The molecule has 16 atom stereocenters. The van der Waals surface area contributed by atoms with Crippen LogP contribution in [0.2, 0.25) is 0 Å². The van der Waals surface area contributed by atoms with Crippen molar-refractivity contribution in [3.8, 4) is 0 Å². The molecular weight excluding hydrogens is 773 g/mol. The molecule has 0 aromatic rings. The third-order valence-corrected chi connectivity index (χ3v) is 21.9. The summed E-state index contributed by atoms with van der Waals surface area (Å²) in [4.78, 5) is 26.4. The molecule has 8 rings (SSSR count). The highest BCUT2D eigenvalue weighted by Gasteiger charge is 2.61. The van der Waals surface area contributed by atoms with E-state index >= 15 is 0 Å². The first kappa shape index (κ1) is 47.9. The summed E-state index contributed by atoms with van der Waals surface area (Å²) in [5.74, 6) is 9.78. The monoisotopic (exact) mass is 869 g/mol. The van der Waals surface area contributed by atoms with Gasteiger partial charge in [0.25, 0.3) is 0 Å². The molecule has 0 bridgehead atoms. The van der Waals surface area contributed by atoms with Gasteiger partial charge in [-0.25, -0.2) is 0 Å². The largest absolute Gasteiger partial charge is 0.462 e. The van der Waals surface area contributed by atoms with Gasteiger partial charge in [-0.2, -0.15) is 0 Å². The molecule has 356 valence electrons. The van der Waals surface area contributed by atoms with Crippen LogP contribution < -0.4 is 0 Å². The van der Waals surface area contributed by atoms with Crippen LogP contribution in [-0.4, -0.2) is 24.1 Å². The first-order valence-corrected chi connectivity index (χ1v) is 27.7. The van der Waals surface area contributed by atoms with Crippen LogP contribution >= 0.6 is 0 Å². The molecule has 16 unspecified atom stereocenters. The molecule has 63 heavy (non-hydrogen) atoms. The number of rotatable bonds is 16. The quantitative estimate of drug-likeness (QED) is 0.115. The second-order valence-corrected chi connectivity index (χ2v) is 26.1. The zero-order chi connectivity index (χ0) is 44.9. The predicted molar refractivity (Wildman–Crippen MR) is 260 cm³/mol. The molecule has 0 radical (unpaired) electrons. The van der Waals surface area contributed by atoms with Gasteiger partial charge in [0.2, 0.25) is 0 Å². The van der Waals surface area contributed by atoms with Crippen molar-refractivity contribution in [1.29, 1.82) is 0 Å². The molecule has 8 aliphatic carbocycles. The first-order chi connectivity index (χ1) is 30.0. The molecule has 0 amide bonds. The van der Waals surface area contributed by atoms with E-state index in [4.69, 9.17) is 9.47 Å². The van der Waals surface area contributed by atoms with Crippen LogP contribution in [0, 0.1) is 92.7 Å². The molecule has 0 heterocycles. The average molecular weight is 869 g/mol. The van der Waals surface area contributed by atoms with Gasteiger partial charge in [0.15, 0.2) is 0 Å². The molecule has 0 N–H and O–H groups in total. The maximum absolute atomic E-state index is 13.2. The molecule has 8 aliphatic rings. The number of hydrogen-bond donors (Lipinski definition) is 0. The Kier molecular flexibility index (Phi) is 14.6. The lowest BCUT2D eigenvalue weighted by atomic mass is 9.47. The summed E-state index contributed by atoms with van der Waals surface area (Å²) in [6.07, 6.45) is 34.4. The third-order valence-electron chi connectivity index (χ3n) is 21.9. The van der Waals surface area contributed by atoms with Gasteiger partial charge in [0.1, 0.15) is 12.2 Å². The van der Waals surface area contributed by atoms with Crippen molar-refractivity contribution >= 4 is 11.9 Å². The van der Waals surface area contributed by atoms with Crippen LogP contribution in [0.25, 0.3) is 0 Å². The second-order valence-electron chi connectivity index (χ2n) is 26.1. The van der Waals surface area contributed by atoms with E-state index in [1.54, 1.807) is 11.1 Å². The van der Waals surface area contributed by atoms with E-state index < -0.39 is 0 Å². The van der Waals surface area contributed by atoms with E-state index in [0.717, 1.165) is 110 Å². The lowest BCUT2D eigenvalue weighted by Gasteiger charge is -2.58. The fourth-order valence-electron chi connectivity index (χ4n) is 18.4. The van der Waals surface area contributed by atoms with Gasteiger partial charge in [-0.05, 0) is 189 Å². The Bertz CT molecular complexity index is 1550. The van der Waals surface area contributed by atoms with Crippen LogP contribution in [0.15, 0.2) is 23.3 Å². The number of ether oxygens (including phenoxy) is 2. The Labute approximate surface area is 387 Å². The van der Waals surface area contributed by atoms with Gasteiger partial charge in [0, 0.05) is 25.7 Å². The third kappa shape index (κ3) is 9.36. The Morgan fingerprint density at radius 3 is 1.33 bits per heavy atom. The number of carbonyl (C=O) groups is 2. The van der Waals surface area contributed by atoms with Gasteiger partial charge in [-0.1, -0.05) is 131 Å². The molecule has 0 saturated heterocycles. The van der Waals surface area contributed by atoms with Crippen molar-refractivity contribution in [3.05, 3.63) is 23.3 Å². The lowest BCUT2D eigenvalue weighted by molar-refractivity contribution is -0.153. The van der Waals surface area contributed by atoms with E-state index in [1.807, 2.05) is 0 Å². The van der Waals surface area contributed by atoms with E-state index in [9.17, 15) is 9.59 Å². The summed E-state index contributed by atoms with van der Waals surface area (Å²) >= 11 is 0. The normalized spacial score (nSPS) is 42.7. The maximum Gasteiger partial charge on any atom is 0.306 e. The zero-order valence-electron chi connectivity index (χ0n) is 42.5. The number of carbonyl (C=O) groups excluding carboxylic acids is 2. The number of hydrogen-bond acceptors (Lipinski definition) is 4. The van der Waals surface area contributed by atoms with Crippen molar-refractivity contribution in [3.63, 3.8) is 0 Å². The Morgan fingerprint density at radius 1 is 0.524 bits per heavy atom. The minimum Gasteiger partial charge on any atom is -0.462 e. The number of esters is 2. The van der Waals surface area contributed by atoms with Gasteiger partial charge in [0.05, 0.1) is 0 Å². The topological polar surface area (TPSA) is 52.6 Å². The van der Waals surface area contributed by atoms with E-state index in [0.29, 0.717) is 30.1 Å². The SMILES string of the molecule is CC(C)CCCC(C)C1CCC2C3CC=C4CC(OC(=O)CCCC(=O)OC5CCC6(C)C(=CCC7C6CCC6(C)C(C(C)CCCC(C)C)CCC76)C5)CCC4(C)C3CCC12C. The fraction of sp³-hybridized carbons (Fsp3) is 0.898. The smallest absolute Gasteiger partial charge is 0.306 e. The first-order valence-electron chi connectivity index (χ1n) is 27.7. The van der Waals surface area contributed by atoms with Crippen molar-refractivity contribution < 1.29 is 19.1 Å². The van der Waals surface area contributed by atoms with E-state index in [1.165, 1.54) is 103 Å². The highest BCUT2D eigenvalue weighted by atomic mass is 16.5. The Hall–Kier alpha value is -1.58. The van der Waals surface area contributed by atoms with Crippen LogP contribution in [0.4, 0.5) is 0 Å². The predicted octanol–water partition coefficient (Wildman–Crippen LogP) is 16.1. The van der Waals surface area contributed by atoms with E-state index in [2.05, 4.69) is 81.4 Å². The number of allylic oxidation sites excluding steroid dienone is 2. The highest BCUT2D eigenvalue weighted by molar-refractivity contribution is 5.72. The second kappa shape index (κ2) is 19.2. The zero-order valence-corrected chi connectivity index (χ0v) is 42.5. The van der Waals surface area contributed by atoms with Gasteiger partial charge in [-0.3, -0.25) is 9.59 Å². The molecule has 4 nitrogen and oxygen atoms in total. The summed E-state index contributed by atoms with van der Waals surface area (Å²) in [5, 5.41) is 0. The summed E-state index contributed by atoms with van der Waals surface area (Å²) in [7, 11) is 0. The molecule has 6 fully saturated rings. The van der Waals surface area contributed by atoms with Gasteiger partial charge in [-0.15, -0.1) is 0 Å². The molecule has 0 aliphatic heterocycles. The van der Waals surface area contributed by atoms with Gasteiger partial charge < -0.3 is 9.47 Å². The minimum atomic E-state index is -0.133. The highest BCUT2D eigenvalue weighted by Crippen LogP contribution is 2.69. The van der Waals surface area contributed by atoms with Crippen molar-refractivity contribution in [2.45, 2.75) is 242 Å². The Balaban J connectivity index is 0.767. The number of fused-ring (bicyclic) bond motifs is 10. The average Bonchev–Trinajstić information content (AvgIpc) is 3.77. The van der Waals surface area contributed by atoms with Crippen LogP contribution in [-0.2, 0) is 19.1 Å². The van der Waals surface area contributed by atoms with Gasteiger partial charge >= 0.3 is 11.9 Å². The lowest BCUT2D eigenvalue weighted by Crippen LogP contribution is -2.51. The molecule has 6 saturated carbocycles. The molecular formula is C59H96O4. The molecule has 4 heteroatoms. The van der Waals surface area contributed by atoms with Crippen molar-refractivity contribution in [2.24, 2.45) is 92.7 Å². The van der Waals surface area contributed by atoms with Crippen molar-refractivity contribution in [1.82, 2.24) is 0 Å². The summed E-state index contributed by atoms with van der Waals surface area (Å²) in [6, 6.07) is 0. The van der Waals surface area contributed by atoms with Crippen LogP contribution in [0.1, 0.15) is 230 Å². The van der Waals surface area contributed by atoms with Crippen molar-refractivity contribution in [2.75, 3.05) is 0 Å². The minimum absolute atomic E-state index is 0.0206. The maximum atomic E-state index is 13.2. The fourth-order valence-corrected chi connectivity index (χ4v) is 18.4. The molecule has 0 aromatic heterocycles. The standard InChI is InChI=1S/C59H96O4/c1-38(2)14-11-16-40(5)48-24-26-50-46-22-20-42-36-44(28-32-56(42,7)52(46)30-34-58(48,50)9)62-54(60)18-13-19-55(61)63-45-29-33-57(8)43(37-45)21-23-47-51-27-25-49(41(6)17-12-15-39(3)4)59(51,10)35-31-53(47)57/h20-21,38-41,44-53H,11-19,22-37H2,1-10H3. The van der Waals surface area contributed by atoms with Crippen LogP contribution in [0.5, 0.6) is 0 Å². The van der Waals surface area contributed by atoms with Crippen LogP contribution in [0.3, 0.4) is 0 Å². The Morgan fingerprint density at radius 2 is 0.937 bits per heavy atom. The van der Waals surface area contributed by atoms with E-state index in [-0.39, 0.29) is 35.0 Å². The molecule has 0 spiro atoms. The molecule has 0 aromatic carbocycles. The summed E-state index contributed by atoms with van der Waals surface area (Å²) < 4.78 is 12.3. The summed E-state index contributed by atoms with van der Waals surface area (Å²) in [6.45, 7) is 25.2.